The van der Waals surface area contributed by atoms with E-state index in [1.165, 1.54) is 0 Å². The quantitative estimate of drug-likeness (QED) is 0.858. The lowest BCUT2D eigenvalue weighted by Gasteiger charge is -2.06. The number of nitrogens with zero attached hydrogens (tertiary/aromatic N) is 1. The fourth-order valence-corrected chi connectivity index (χ4v) is 2.54. The number of rotatable bonds is 5. The predicted octanol–water partition coefficient (Wildman–Crippen LogP) is 3.52. The first kappa shape index (κ1) is 14.6. The number of carboxylic acid groups (broad SMARTS) is 1. The van der Waals surface area contributed by atoms with Gasteiger partial charge in [0.25, 0.3) is 0 Å². The molecule has 0 bridgehead atoms. The maximum Gasteiger partial charge on any atom is 0.303 e. The van der Waals surface area contributed by atoms with E-state index >= 15 is 0 Å². The van der Waals surface area contributed by atoms with Gasteiger partial charge in [0.05, 0.1) is 0 Å². The molecule has 0 aliphatic heterocycles. The van der Waals surface area contributed by atoms with Gasteiger partial charge >= 0.3 is 5.97 Å². The number of aliphatic carboxylic acids is 1. The van der Waals surface area contributed by atoms with Crippen LogP contribution in [0.25, 0.3) is 10.9 Å². The summed E-state index contributed by atoms with van der Waals surface area (Å²) in [7, 11) is 1.86. The summed E-state index contributed by atoms with van der Waals surface area (Å²) >= 11 is 5.96. The highest BCUT2D eigenvalue weighted by Crippen LogP contribution is 2.26. The molecule has 20 heavy (non-hydrogen) atoms. The molecule has 1 heterocycles. The van der Waals surface area contributed by atoms with Crippen LogP contribution in [0.1, 0.15) is 30.1 Å². The molecule has 0 saturated heterocycles. The van der Waals surface area contributed by atoms with E-state index in [1.54, 1.807) is 19.2 Å². The molecular weight excluding hydrogens is 278 g/mol. The van der Waals surface area contributed by atoms with E-state index in [4.69, 9.17) is 16.7 Å². The lowest BCUT2D eigenvalue weighted by atomic mass is 9.97. The molecule has 1 atom stereocenters. The third kappa shape index (κ3) is 3.02. The number of aryl methyl sites for hydroxylation is 1. The minimum Gasteiger partial charge on any atom is -0.481 e. The molecule has 1 N–H and O–H groups in total. The molecule has 0 spiro atoms. The second-order valence-corrected chi connectivity index (χ2v) is 5.58. The highest BCUT2D eigenvalue weighted by molar-refractivity contribution is 6.31. The van der Waals surface area contributed by atoms with Gasteiger partial charge in [-0.25, -0.2) is 0 Å². The summed E-state index contributed by atoms with van der Waals surface area (Å²) in [5.41, 5.74) is 1.52. The Morgan fingerprint density at radius 1 is 1.35 bits per heavy atom. The van der Waals surface area contributed by atoms with E-state index < -0.39 is 5.97 Å². The van der Waals surface area contributed by atoms with Gasteiger partial charge in [0.1, 0.15) is 0 Å². The van der Waals surface area contributed by atoms with Gasteiger partial charge < -0.3 is 9.67 Å². The van der Waals surface area contributed by atoms with Crippen molar-refractivity contribution in [3.05, 3.63) is 35.0 Å². The Balaban J connectivity index is 2.29. The Bertz CT molecular complexity index is 675. The van der Waals surface area contributed by atoms with Gasteiger partial charge in [0.2, 0.25) is 0 Å². The summed E-state index contributed by atoms with van der Waals surface area (Å²) in [4.78, 5) is 23.0. The van der Waals surface area contributed by atoms with E-state index in [2.05, 4.69) is 0 Å². The third-order valence-electron chi connectivity index (χ3n) is 3.31. The van der Waals surface area contributed by atoms with Gasteiger partial charge in [-0.2, -0.15) is 0 Å². The van der Waals surface area contributed by atoms with Crippen LogP contribution in [0.5, 0.6) is 0 Å². The van der Waals surface area contributed by atoms with E-state index in [1.807, 2.05) is 23.7 Å². The van der Waals surface area contributed by atoms with Crippen molar-refractivity contribution >= 4 is 34.3 Å². The summed E-state index contributed by atoms with van der Waals surface area (Å²) in [5.74, 6) is -1.09. The normalized spacial score (nSPS) is 12.6. The highest BCUT2D eigenvalue weighted by atomic mass is 35.5. The van der Waals surface area contributed by atoms with Crippen molar-refractivity contribution in [2.75, 3.05) is 0 Å². The van der Waals surface area contributed by atoms with Crippen LogP contribution in [0, 0.1) is 5.92 Å². The number of carboxylic acids is 1. The van der Waals surface area contributed by atoms with Crippen molar-refractivity contribution in [2.45, 2.75) is 19.8 Å². The number of aromatic nitrogens is 1. The summed E-state index contributed by atoms with van der Waals surface area (Å²) < 4.78 is 1.86. The van der Waals surface area contributed by atoms with Crippen LogP contribution in [0.2, 0.25) is 5.02 Å². The maximum atomic E-state index is 12.3. The van der Waals surface area contributed by atoms with E-state index in [0.29, 0.717) is 10.6 Å². The number of ketones is 1. The Morgan fingerprint density at radius 3 is 2.70 bits per heavy atom. The van der Waals surface area contributed by atoms with Crippen molar-refractivity contribution in [3.8, 4) is 0 Å². The lowest BCUT2D eigenvalue weighted by Crippen LogP contribution is -2.10. The molecule has 0 fully saturated rings. The topological polar surface area (TPSA) is 59.3 Å². The van der Waals surface area contributed by atoms with Crippen molar-refractivity contribution < 1.29 is 14.7 Å². The Hall–Kier alpha value is -1.81. The Morgan fingerprint density at radius 2 is 2.05 bits per heavy atom. The number of hydrogen-bond acceptors (Lipinski definition) is 2. The number of halogens is 1. The molecule has 1 aromatic heterocycles. The molecule has 106 valence electrons. The molecule has 0 radical (unpaired) electrons. The number of benzene rings is 1. The minimum absolute atomic E-state index is 0.00232. The van der Waals surface area contributed by atoms with Crippen molar-refractivity contribution in [1.29, 1.82) is 0 Å². The highest BCUT2D eigenvalue weighted by Gasteiger charge is 2.18. The first-order valence-corrected chi connectivity index (χ1v) is 6.76. The number of hydrogen-bond donors (Lipinski definition) is 1. The number of carbonyl (C=O) groups excluding carboxylic acids is 1. The number of carbonyl (C=O) groups is 2. The molecule has 0 aliphatic carbocycles. The van der Waals surface area contributed by atoms with E-state index in [0.717, 1.165) is 10.9 Å². The van der Waals surface area contributed by atoms with Crippen LogP contribution in [0.15, 0.2) is 24.4 Å². The molecule has 0 amide bonds. The third-order valence-corrected chi connectivity index (χ3v) is 3.55. The minimum atomic E-state index is -0.880. The monoisotopic (exact) mass is 293 g/mol. The first-order chi connectivity index (χ1) is 9.38. The molecule has 0 saturated carbocycles. The Kier molecular flexibility index (Phi) is 4.14. The molecule has 1 unspecified atom stereocenters. The fraction of sp³-hybridized carbons (Fsp3) is 0.333. The summed E-state index contributed by atoms with van der Waals surface area (Å²) in [6, 6.07) is 5.39. The average Bonchev–Trinajstić information content (AvgIpc) is 2.65. The second-order valence-electron chi connectivity index (χ2n) is 5.15. The number of Topliss-reactive ketones (excluding diaryl/α,β-unsaturated/α-hetero) is 1. The molecule has 1 aromatic carbocycles. The van der Waals surface area contributed by atoms with Gasteiger partial charge in [-0.3, -0.25) is 9.59 Å². The van der Waals surface area contributed by atoms with Crippen LogP contribution in [0.3, 0.4) is 0 Å². The molecule has 4 nitrogen and oxygen atoms in total. The van der Waals surface area contributed by atoms with Crippen LogP contribution >= 0.6 is 11.6 Å². The van der Waals surface area contributed by atoms with Crippen molar-refractivity contribution in [3.63, 3.8) is 0 Å². The van der Waals surface area contributed by atoms with Crippen LogP contribution in [-0.2, 0) is 11.8 Å². The maximum absolute atomic E-state index is 12.3. The van der Waals surface area contributed by atoms with Gasteiger partial charge in [0.15, 0.2) is 5.78 Å². The summed E-state index contributed by atoms with van der Waals surface area (Å²) in [6.07, 6.45) is 2.01. The van der Waals surface area contributed by atoms with Gasteiger partial charge in [0, 0.05) is 47.6 Å². The van der Waals surface area contributed by atoms with Crippen LogP contribution in [0.4, 0.5) is 0 Å². The summed E-state index contributed by atoms with van der Waals surface area (Å²) in [5, 5.41) is 10.2. The van der Waals surface area contributed by atoms with E-state index in [9.17, 15) is 9.59 Å². The molecule has 2 rings (SSSR count). The summed E-state index contributed by atoms with van der Waals surface area (Å²) in [6.45, 7) is 1.77. The van der Waals surface area contributed by atoms with Gasteiger partial charge in [-0.05, 0) is 18.1 Å². The van der Waals surface area contributed by atoms with Crippen LogP contribution in [-0.4, -0.2) is 21.4 Å². The molecular formula is C15H16ClNO3. The first-order valence-electron chi connectivity index (χ1n) is 6.38. The zero-order valence-electron chi connectivity index (χ0n) is 11.4. The second kappa shape index (κ2) is 5.67. The zero-order valence-corrected chi connectivity index (χ0v) is 12.1. The SMILES string of the molecule is CC(CC(=O)O)CC(=O)c1cn(C)c2cc(Cl)ccc12. The Labute approximate surface area is 122 Å². The molecule has 2 aromatic rings. The number of fused-ring (bicyclic) bond motifs is 1. The predicted molar refractivity (Wildman–Crippen MR) is 78.3 cm³/mol. The zero-order chi connectivity index (χ0) is 14.9. The fourth-order valence-electron chi connectivity index (χ4n) is 2.38. The standard InChI is InChI=1S/C15H16ClNO3/c1-9(6-15(19)20)5-14(18)12-8-17(2)13-7-10(16)3-4-11(12)13/h3-4,7-9H,5-6H2,1-2H3,(H,19,20). The van der Waals surface area contributed by atoms with Gasteiger partial charge in [-0.1, -0.05) is 24.6 Å². The molecule has 0 aliphatic rings. The van der Waals surface area contributed by atoms with Gasteiger partial charge in [-0.15, -0.1) is 0 Å². The lowest BCUT2D eigenvalue weighted by molar-refractivity contribution is -0.137. The largest absolute Gasteiger partial charge is 0.481 e. The van der Waals surface area contributed by atoms with E-state index in [-0.39, 0.29) is 24.5 Å². The molecule has 5 heteroatoms. The van der Waals surface area contributed by atoms with Crippen LogP contribution < -0.4 is 0 Å². The van der Waals surface area contributed by atoms with Crippen molar-refractivity contribution in [1.82, 2.24) is 4.57 Å². The van der Waals surface area contributed by atoms with Crippen molar-refractivity contribution in [2.24, 2.45) is 13.0 Å². The average molecular weight is 294 g/mol. The smallest absolute Gasteiger partial charge is 0.303 e.